The maximum atomic E-state index is 12.3. The van der Waals surface area contributed by atoms with E-state index in [0.717, 1.165) is 0 Å². The minimum absolute atomic E-state index is 0.141. The Hall–Kier alpha value is -2.92. The van der Waals surface area contributed by atoms with Crippen LogP contribution in [0.5, 0.6) is 11.5 Å². The van der Waals surface area contributed by atoms with Gasteiger partial charge >= 0.3 is 11.8 Å². The number of benzene rings is 1. The van der Waals surface area contributed by atoms with Crippen LogP contribution in [0, 0.1) is 0 Å². The van der Waals surface area contributed by atoms with Gasteiger partial charge in [-0.15, -0.1) is 6.58 Å². The zero-order valence-corrected chi connectivity index (χ0v) is 18.1. The molecule has 0 radical (unpaired) electrons. The Balaban J connectivity index is 1.98. The van der Waals surface area contributed by atoms with Gasteiger partial charge in [0.2, 0.25) is 0 Å². The molecular formula is C19H23BrN4O6. The Kier molecular flexibility index (Phi) is 9.29. The maximum absolute atomic E-state index is 12.3. The monoisotopic (exact) mass is 482 g/mol. The van der Waals surface area contributed by atoms with Crippen molar-refractivity contribution in [3.8, 4) is 11.5 Å². The number of hydrogen-bond acceptors (Lipinski definition) is 7. The highest BCUT2D eigenvalue weighted by Crippen LogP contribution is 2.36. The van der Waals surface area contributed by atoms with Crippen molar-refractivity contribution in [2.75, 3.05) is 46.6 Å². The second-order valence-electron chi connectivity index (χ2n) is 6.01. The van der Waals surface area contributed by atoms with Gasteiger partial charge in [0.05, 0.1) is 31.0 Å². The van der Waals surface area contributed by atoms with E-state index in [1.54, 1.807) is 17.0 Å². The summed E-state index contributed by atoms with van der Waals surface area (Å²) in [6.07, 6.45) is 2.80. The number of methoxy groups -OCH3 is 1. The van der Waals surface area contributed by atoms with Crippen LogP contribution in [-0.2, 0) is 19.1 Å². The fraction of sp³-hybridized carbons (Fsp3) is 0.368. The molecule has 0 aromatic heterocycles. The minimum Gasteiger partial charge on any atom is -0.493 e. The molecule has 11 heteroatoms. The number of carbonyl (C=O) groups excluding carboxylic acids is 3. The first kappa shape index (κ1) is 23.4. The van der Waals surface area contributed by atoms with Crippen molar-refractivity contribution >= 4 is 39.9 Å². The molecule has 162 valence electrons. The number of nitrogens with one attached hydrogen (secondary N) is 2. The van der Waals surface area contributed by atoms with Gasteiger partial charge in [0, 0.05) is 19.6 Å². The van der Waals surface area contributed by atoms with Crippen LogP contribution in [0.3, 0.4) is 0 Å². The van der Waals surface area contributed by atoms with Crippen molar-refractivity contribution in [2.24, 2.45) is 5.10 Å². The second kappa shape index (κ2) is 11.9. The summed E-state index contributed by atoms with van der Waals surface area (Å²) in [5.41, 5.74) is 2.69. The third-order valence-electron chi connectivity index (χ3n) is 3.95. The Morgan fingerprint density at radius 1 is 1.30 bits per heavy atom. The number of morpholine rings is 1. The van der Waals surface area contributed by atoms with Gasteiger partial charge < -0.3 is 24.4 Å². The molecule has 3 amide bonds. The molecule has 1 aromatic carbocycles. The number of ether oxygens (including phenoxy) is 3. The molecule has 1 saturated heterocycles. The fourth-order valence-corrected chi connectivity index (χ4v) is 3.03. The van der Waals surface area contributed by atoms with Gasteiger partial charge in [0.25, 0.3) is 5.91 Å². The van der Waals surface area contributed by atoms with Crippen molar-refractivity contribution in [2.45, 2.75) is 0 Å². The first-order valence-corrected chi connectivity index (χ1v) is 9.83. The lowest BCUT2D eigenvalue weighted by Crippen LogP contribution is -2.43. The molecular weight excluding hydrogens is 460 g/mol. The van der Waals surface area contributed by atoms with E-state index < -0.39 is 11.8 Å². The number of amides is 3. The van der Waals surface area contributed by atoms with Crippen molar-refractivity contribution in [3.05, 3.63) is 34.8 Å². The first-order valence-electron chi connectivity index (χ1n) is 9.04. The molecule has 0 unspecified atom stereocenters. The molecule has 2 rings (SSSR count). The molecule has 0 aliphatic carbocycles. The maximum Gasteiger partial charge on any atom is 0.329 e. The van der Waals surface area contributed by atoms with Crippen molar-refractivity contribution in [1.82, 2.24) is 15.6 Å². The predicted molar refractivity (Wildman–Crippen MR) is 113 cm³/mol. The minimum atomic E-state index is -0.902. The summed E-state index contributed by atoms with van der Waals surface area (Å²) < 4.78 is 16.8. The largest absolute Gasteiger partial charge is 0.493 e. The molecule has 0 bridgehead atoms. The molecule has 1 aromatic rings. The number of carbonyl (C=O) groups is 3. The van der Waals surface area contributed by atoms with E-state index in [9.17, 15) is 14.4 Å². The van der Waals surface area contributed by atoms with E-state index in [0.29, 0.717) is 47.8 Å². The SMILES string of the molecule is C=CCNC(=O)C(=O)N/N=C\c1cc(Br)c(OCC(=O)N2CCOCC2)c(OC)c1. The normalized spacial score (nSPS) is 13.6. The van der Waals surface area contributed by atoms with Crippen LogP contribution < -0.4 is 20.2 Å². The van der Waals surface area contributed by atoms with E-state index in [1.165, 1.54) is 19.4 Å². The summed E-state index contributed by atoms with van der Waals surface area (Å²) >= 11 is 3.39. The number of nitrogens with zero attached hydrogens (tertiary/aromatic N) is 2. The number of rotatable bonds is 8. The summed E-state index contributed by atoms with van der Waals surface area (Å²) in [6, 6.07) is 3.29. The lowest BCUT2D eigenvalue weighted by Gasteiger charge is -2.26. The molecule has 30 heavy (non-hydrogen) atoms. The summed E-state index contributed by atoms with van der Waals surface area (Å²) in [6.45, 7) is 5.58. The van der Waals surface area contributed by atoms with Crippen molar-refractivity contribution < 1.29 is 28.6 Å². The zero-order chi connectivity index (χ0) is 21.9. The Morgan fingerprint density at radius 3 is 2.70 bits per heavy atom. The number of hydrazone groups is 1. The standard InChI is InChI=1S/C19H23BrN4O6/c1-3-4-21-18(26)19(27)23-22-11-13-9-14(20)17(15(10-13)28-2)30-12-16(25)24-5-7-29-8-6-24/h3,9-11H,1,4-8,12H2,2H3,(H,21,26)(H,23,27)/b22-11-. The topological polar surface area (TPSA) is 119 Å². The van der Waals surface area contributed by atoms with Crippen LogP contribution in [0.4, 0.5) is 0 Å². The van der Waals surface area contributed by atoms with E-state index in [4.69, 9.17) is 14.2 Å². The quantitative estimate of drug-likeness (QED) is 0.240. The predicted octanol–water partition coefficient (Wildman–Crippen LogP) is 0.448. The number of halogens is 1. The Bertz CT molecular complexity index is 823. The summed E-state index contributed by atoms with van der Waals surface area (Å²) in [7, 11) is 1.46. The van der Waals surface area contributed by atoms with Gasteiger partial charge in [0.1, 0.15) is 0 Å². The Labute approximate surface area is 182 Å². The molecule has 1 aliphatic heterocycles. The molecule has 2 N–H and O–H groups in total. The lowest BCUT2D eigenvalue weighted by molar-refractivity contribution is -0.139. The highest BCUT2D eigenvalue weighted by atomic mass is 79.9. The highest BCUT2D eigenvalue weighted by molar-refractivity contribution is 9.10. The van der Waals surface area contributed by atoms with Gasteiger partial charge in [-0.25, -0.2) is 5.43 Å². The summed E-state index contributed by atoms with van der Waals surface area (Å²) in [5, 5.41) is 6.09. The van der Waals surface area contributed by atoms with Gasteiger partial charge in [0.15, 0.2) is 18.1 Å². The number of hydrogen-bond donors (Lipinski definition) is 2. The third-order valence-corrected chi connectivity index (χ3v) is 4.54. The average molecular weight is 483 g/mol. The van der Waals surface area contributed by atoms with Crippen LogP contribution in [0.2, 0.25) is 0 Å². The van der Waals surface area contributed by atoms with Crippen molar-refractivity contribution in [3.63, 3.8) is 0 Å². The van der Waals surface area contributed by atoms with E-state index in [2.05, 4.69) is 38.4 Å². The van der Waals surface area contributed by atoms with Crippen molar-refractivity contribution in [1.29, 1.82) is 0 Å². The second-order valence-corrected chi connectivity index (χ2v) is 6.87. The highest BCUT2D eigenvalue weighted by Gasteiger charge is 2.19. The first-order chi connectivity index (χ1) is 14.5. The molecule has 10 nitrogen and oxygen atoms in total. The van der Waals surface area contributed by atoms with Gasteiger partial charge in [-0.1, -0.05) is 6.08 Å². The van der Waals surface area contributed by atoms with E-state index >= 15 is 0 Å². The van der Waals surface area contributed by atoms with E-state index in [1.807, 2.05) is 0 Å². The van der Waals surface area contributed by atoms with Crippen LogP contribution in [-0.4, -0.2) is 75.4 Å². The average Bonchev–Trinajstić information content (AvgIpc) is 2.76. The van der Waals surface area contributed by atoms with Gasteiger partial charge in [-0.3, -0.25) is 14.4 Å². The summed E-state index contributed by atoms with van der Waals surface area (Å²) in [5.74, 6) is -1.13. The third kappa shape index (κ3) is 6.85. The smallest absolute Gasteiger partial charge is 0.329 e. The van der Waals surface area contributed by atoms with Gasteiger partial charge in [-0.2, -0.15) is 5.10 Å². The van der Waals surface area contributed by atoms with Crippen LogP contribution in [0.15, 0.2) is 34.4 Å². The zero-order valence-electron chi connectivity index (χ0n) is 16.5. The molecule has 1 aliphatic rings. The molecule has 1 heterocycles. The lowest BCUT2D eigenvalue weighted by atomic mass is 10.2. The van der Waals surface area contributed by atoms with Crippen LogP contribution >= 0.6 is 15.9 Å². The van der Waals surface area contributed by atoms with Crippen LogP contribution in [0.25, 0.3) is 0 Å². The van der Waals surface area contributed by atoms with E-state index in [-0.39, 0.29) is 19.1 Å². The molecule has 0 saturated carbocycles. The fourth-order valence-electron chi connectivity index (χ4n) is 2.45. The summed E-state index contributed by atoms with van der Waals surface area (Å²) in [4.78, 5) is 37.0. The molecule has 0 atom stereocenters. The molecule has 1 fully saturated rings. The molecule has 0 spiro atoms. The van der Waals surface area contributed by atoms with Crippen LogP contribution in [0.1, 0.15) is 5.56 Å². The Morgan fingerprint density at radius 2 is 2.03 bits per heavy atom. The van der Waals surface area contributed by atoms with Gasteiger partial charge in [-0.05, 0) is 33.6 Å².